The van der Waals surface area contributed by atoms with Crippen LogP contribution in [0, 0.1) is 6.92 Å². The molecule has 27 heavy (non-hydrogen) atoms. The molecule has 5 heteroatoms. The minimum absolute atomic E-state index is 0.133. The first-order valence-corrected chi connectivity index (χ1v) is 8.93. The summed E-state index contributed by atoms with van der Waals surface area (Å²) in [6.45, 7) is 9.94. The molecule has 0 atom stereocenters. The lowest BCUT2D eigenvalue weighted by atomic mass is 10.0. The van der Waals surface area contributed by atoms with Crippen molar-refractivity contribution in [1.29, 1.82) is 0 Å². The molecule has 5 nitrogen and oxygen atoms in total. The second-order valence-electron chi connectivity index (χ2n) is 6.58. The normalized spacial score (nSPS) is 10.4. The van der Waals surface area contributed by atoms with Crippen LogP contribution in [-0.4, -0.2) is 25.0 Å². The van der Waals surface area contributed by atoms with E-state index in [-0.39, 0.29) is 24.3 Å². The van der Waals surface area contributed by atoms with Crippen molar-refractivity contribution in [3.8, 4) is 5.75 Å². The number of rotatable bonds is 8. The number of para-hydroxylation sites is 1. The van der Waals surface area contributed by atoms with Gasteiger partial charge in [-0.3, -0.25) is 9.59 Å². The number of aryl methyl sites for hydroxylation is 1. The lowest BCUT2D eigenvalue weighted by molar-refractivity contribution is -0.118. The molecule has 0 aromatic heterocycles. The molecule has 142 valence electrons. The third-order valence-corrected chi connectivity index (χ3v) is 4.00. The van der Waals surface area contributed by atoms with Crippen LogP contribution >= 0.6 is 0 Å². The standard InChI is InChI=1S/C22H26N2O3/c1-5-12-23-22(26)18-8-6-7-9-19(18)24-21(25)14-27-20-13-16(4)10-11-17(20)15(2)3/h5-11,13,15H,1,12,14H2,2-4H3,(H,23,26)(H,24,25). The maximum atomic E-state index is 12.4. The summed E-state index contributed by atoms with van der Waals surface area (Å²) in [6.07, 6.45) is 1.60. The molecule has 0 aliphatic rings. The van der Waals surface area contributed by atoms with E-state index in [2.05, 4.69) is 31.1 Å². The van der Waals surface area contributed by atoms with Crippen LogP contribution < -0.4 is 15.4 Å². The average Bonchev–Trinajstić information content (AvgIpc) is 2.64. The largest absolute Gasteiger partial charge is 0.483 e. The zero-order chi connectivity index (χ0) is 19.8. The molecule has 0 fully saturated rings. The van der Waals surface area contributed by atoms with Crippen LogP contribution in [0.4, 0.5) is 5.69 Å². The highest BCUT2D eigenvalue weighted by Gasteiger charge is 2.14. The number of ether oxygens (including phenoxy) is 1. The van der Waals surface area contributed by atoms with Crippen molar-refractivity contribution in [3.63, 3.8) is 0 Å². The van der Waals surface area contributed by atoms with E-state index in [0.717, 1.165) is 11.1 Å². The number of benzene rings is 2. The molecule has 2 N–H and O–H groups in total. The molecule has 0 aliphatic heterocycles. The summed E-state index contributed by atoms with van der Waals surface area (Å²) in [4.78, 5) is 24.6. The molecular formula is C22H26N2O3. The smallest absolute Gasteiger partial charge is 0.262 e. The van der Waals surface area contributed by atoms with Crippen molar-refractivity contribution >= 4 is 17.5 Å². The number of amides is 2. The van der Waals surface area contributed by atoms with Gasteiger partial charge in [0, 0.05) is 6.54 Å². The topological polar surface area (TPSA) is 67.4 Å². The molecule has 0 radical (unpaired) electrons. The summed E-state index contributed by atoms with van der Waals surface area (Å²) in [6, 6.07) is 12.8. The van der Waals surface area contributed by atoms with Gasteiger partial charge in [0.25, 0.3) is 11.8 Å². The second-order valence-corrected chi connectivity index (χ2v) is 6.58. The highest BCUT2D eigenvalue weighted by atomic mass is 16.5. The van der Waals surface area contributed by atoms with Crippen molar-refractivity contribution in [2.75, 3.05) is 18.5 Å². The van der Waals surface area contributed by atoms with Crippen LogP contribution in [0.25, 0.3) is 0 Å². The average molecular weight is 366 g/mol. The SMILES string of the molecule is C=CCNC(=O)c1ccccc1NC(=O)COc1cc(C)ccc1C(C)C. The third kappa shape index (κ3) is 5.71. The maximum Gasteiger partial charge on any atom is 0.262 e. The first-order chi connectivity index (χ1) is 12.9. The summed E-state index contributed by atoms with van der Waals surface area (Å²) in [5.74, 6) is 0.401. The van der Waals surface area contributed by atoms with Gasteiger partial charge in [0.1, 0.15) is 5.75 Å². The first-order valence-electron chi connectivity index (χ1n) is 8.93. The van der Waals surface area contributed by atoms with E-state index >= 15 is 0 Å². The number of hydrogen-bond donors (Lipinski definition) is 2. The number of carbonyl (C=O) groups excluding carboxylic acids is 2. The molecule has 2 amide bonds. The summed E-state index contributed by atoms with van der Waals surface area (Å²) < 4.78 is 5.75. The van der Waals surface area contributed by atoms with Gasteiger partial charge in [0.2, 0.25) is 0 Å². The minimum Gasteiger partial charge on any atom is -0.483 e. The van der Waals surface area contributed by atoms with Gasteiger partial charge in [-0.05, 0) is 42.2 Å². The second kappa shape index (κ2) is 9.57. The Morgan fingerprint density at radius 3 is 2.63 bits per heavy atom. The van der Waals surface area contributed by atoms with Crippen LogP contribution in [0.2, 0.25) is 0 Å². The van der Waals surface area contributed by atoms with E-state index < -0.39 is 0 Å². The number of anilines is 1. The van der Waals surface area contributed by atoms with Crippen LogP contribution in [0.5, 0.6) is 5.75 Å². The van der Waals surface area contributed by atoms with Crippen molar-refractivity contribution in [2.45, 2.75) is 26.7 Å². The Hall–Kier alpha value is -3.08. The van der Waals surface area contributed by atoms with Gasteiger partial charge in [-0.15, -0.1) is 6.58 Å². The van der Waals surface area contributed by atoms with Gasteiger partial charge in [0.15, 0.2) is 6.61 Å². The molecule has 0 bridgehead atoms. The van der Waals surface area contributed by atoms with E-state index in [4.69, 9.17) is 4.74 Å². The van der Waals surface area contributed by atoms with Gasteiger partial charge in [-0.2, -0.15) is 0 Å². The van der Waals surface area contributed by atoms with E-state index in [9.17, 15) is 9.59 Å². The molecule has 0 saturated carbocycles. The quantitative estimate of drug-likeness (QED) is 0.693. The van der Waals surface area contributed by atoms with Crippen molar-refractivity contribution < 1.29 is 14.3 Å². The van der Waals surface area contributed by atoms with Crippen LogP contribution in [0.3, 0.4) is 0 Å². The number of hydrogen-bond acceptors (Lipinski definition) is 3. The Kier molecular flexibility index (Phi) is 7.17. The molecule has 0 heterocycles. The van der Waals surface area contributed by atoms with E-state index in [1.165, 1.54) is 0 Å². The minimum atomic E-state index is -0.324. The molecule has 0 spiro atoms. The van der Waals surface area contributed by atoms with Gasteiger partial charge in [-0.1, -0.05) is 44.2 Å². The van der Waals surface area contributed by atoms with Gasteiger partial charge in [0.05, 0.1) is 11.3 Å². The third-order valence-electron chi connectivity index (χ3n) is 4.00. The molecule has 2 aromatic carbocycles. The lowest BCUT2D eigenvalue weighted by Crippen LogP contribution is -2.26. The predicted octanol–water partition coefficient (Wildman–Crippen LogP) is 4.05. The Labute approximate surface area is 160 Å². The molecule has 2 aromatic rings. The Bertz CT molecular complexity index is 828. The maximum absolute atomic E-state index is 12.4. The summed E-state index contributed by atoms with van der Waals surface area (Å²) in [5, 5.41) is 5.46. The number of nitrogens with one attached hydrogen (secondary N) is 2. The fourth-order valence-corrected chi connectivity index (χ4v) is 2.62. The molecule has 0 saturated heterocycles. The summed E-state index contributed by atoms with van der Waals surface area (Å²) >= 11 is 0. The number of carbonyl (C=O) groups is 2. The van der Waals surface area contributed by atoms with Crippen LogP contribution in [0.1, 0.15) is 41.3 Å². The zero-order valence-corrected chi connectivity index (χ0v) is 16.0. The highest BCUT2D eigenvalue weighted by molar-refractivity contribution is 6.04. The van der Waals surface area contributed by atoms with Gasteiger partial charge < -0.3 is 15.4 Å². The summed E-state index contributed by atoms with van der Waals surface area (Å²) in [5.41, 5.74) is 2.96. The fourth-order valence-electron chi connectivity index (χ4n) is 2.62. The monoisotopic (exact) mass is 366 g/mol. The zero-order valence-electron chi connectivity index (χ0n) is 16.0. The highest BCUT2D eigenvalue weighted by Crippen LogP contribution is 2.27. The summed E-state index contributed by atoms with van der Waals surface area (Å²) in [7, 11) is 0. The van der Waals surface area contributed by atoms with E-state index in [0.29, 0.717) is 23.5 Å². The van der Waals surface area contributed by atoms with Crippen LogP contribution in [-0.2, 0) is 4.79 Å². The van der Waals surface area contributed by atoms with Crippen molar-refractivity contribution in [2.24, 2.45) is 0 Å². The Morgan fingerprint density at radius 1 is 1.19 bits per heavy atom. The Morgan fingerprint density at radius 2 is 1.93 bits per heavy atom. The van der Waals surface area contributed by atoms with Crippen LogP contribution in [0.15, 0.2) is 55.1 Å². The van der Waals surface area contributed by atoms with E-state index in [1.807, 2.05) is 25.1 Å². The van der Waals surface area contributed by atoms with Crippen molar-refractivity contribution in [1.82, 2.24) is 5.32 Å². The first kappa shape index (κ1) is 20.2. The van der Waals surface area contributed by atoms with E-state index in [1.54, 1.807) is 30.3 Å². The molecule has 0 unspecified atom stereocenters. The lowest BCUT2D eigenvalue weighted by Gasteiger charge is -2.15. The molecule has 0 aliphatic carbocycles. The van der Waals surface area contributed by atoms with Gasteiger partial charge >= 0.3 is 0 Å². The fraction of sp³-hybridized carbons (Fsp3) is 0.273. The predicted molar refractivity (Wildman–Crippen MR) is 108 cm³/mol. The Balaban J connectivity index is 2.06. The van der Waals surface area contributed by atoms with Crippen molar-refractivity contribution in [3.05, 3.63) is 71.8 Å². The van der Waals surface area contributed by atoms with Gasteiger partial charge in [-0.25, -0.2) is 0 Å². The molecule has 2 rings (SSSR count). The molecular weight excluding hydrogens is 340 g/mol.